The highest BCUT2D eigenvalue weighted by Crippen LogP contribution is 2.40. The van der Waals surface area contributed by atoms with Gasteiger partial charge in [0, 0.05) is 42.5 Å². The summed E-state index contributed by atoms with van der Waals surface area (Å²) >= 11 is 0. The summed E-state index contributed by atoms with van der Waals surface area (Å²) in [5, 5.41) is 2.49. The van der Waals surface area contributed by atoms with E-state index < -0.39 is 9.84 Å². The SMILES string of the molecule is Cc1c(C(=O)c2ccc3ccc(S(C)(=O)=O)cc3c2)c2cccc3c2n1C(CN1CCOCC1)CO3. The average Bonchev–Trinajstić information content (AvgIpc) is 3.18. The van der Waals surface area contributed by atoms with Crippen LogP contribution in [0.1, 0.15) is 27.7 Å². The topological polar surface area (TPSA) is 77.8 Å². The van der Waals surface area contributed by atoms with E-state index in [-0.39, 0.29) is 16.7 Å². The molecule has 0 N–H and O–H groups in total. The van der Waals surface area contributed by atoms with Crippen LogP contribution in [0.4, 0.5) is 0 Å². The Labute approximate surface area is 210 Å². The number of rotatable bonds is 5. The molecule has 36 heavy (non-hydrogen) atoms. The van der Waals surface area contributed by atoms with Gasteiger partial charge in [0.05, 0.1) is 35.2 Å². The Bertz CT molecular complexity index is 1620. The zero-order chi connectivity index (χ0) is 25.0. The maximum Gasteiger partial charge on any atom is 0.195 e. The van der Waals surface area contributed by atoms with Gasteiger partial charge in [-0.1, -0.05) is 30.3 Å². The third-order valence-corrected chi connectivity index (χ3v) is 8.44. The number of carbonyl (C=O) groups is 1. The minimum atomic E-state index is -3.35. The first-order valence-electron chi connectivity index (χ1n) is 12.2. The molecule has 2 aliphatic heterocycles. The van der Waals surface area contributed by atoms with Crippen LogP contribution in [0, 0.1) is 6.92 Å². The number of morpholine rings is 1. The molecule has 0 spiro atoms. The molecule has 186 valence electrons. The normalized spacial score (nSPS) is 18.4. The van der Waals surface area contributed by atoms with Crippen molar-refractivity contribution in [3.63, 3.8) is 0 Å². The number of aromatic nitrogens is 1. The summed E-state index contributed by atoms with van der Waals surface area (Å²) in [5.74, 6) is 0.719. The zero-order valence-electron chi connectivity index (χ0n) is 20.4. The molecular formula is C28H28N2O5S. The highest BCUT2D eigenvalue weighted by Gasteiger charge is 2.31. The summed E-state index contributed by atoms with van der Waals surface area (Å²) < 4.78 is 38.1. The molecule has 3 heterocycles. The Morgan fingerprint density at radius 1 is 1.03 bits per heavy atom. The molecular weight excluding hydrogens is 476 g/mol. The molecule has 1 fully saturated rings. The van der Waals surface area contributed by atoms with Gasteiger partial charge in [0.2, 0.25) is 0 Å². The summed E-state index contributed by atoms with van der Waals surface area (Å²) in [6.45, 7) is 6.64. The van der Waals surface area contributed by atoms with Gasteiger partial charge < -0.3 is 14.0 Å². The average molecular weight is 505 g/mol. The summed E-state index contributed by atoms with van der Waals surface area (Å²) in [4.78, 5) is 16.6. The van der Waals surface area contributed by atoms with E-state index in [1.54, 1.807) is 24.3 Å². The highest BCUT2D eigenvalue weighted by atomic mass is 32.2. The van der Waals surface area contributed by atoms with Crippen LogP contribution < -0.4 is 4.74 Å². The number of carbonyl (C=O) groups excluding carboxylic acids is 1. The standard InChI is InChI=1S/C28H28N2O5S/c1-18-26(28(31)20-7-6-19-8-9-23(36(2,32)33)15-21(19)14-20)24-4-3-5-25-27(24)30(18)22(17-35-25)16-29-10-12-34-13-11-29/h3-9,14-15,22H,10-13,16-17H2,1-2H3. The summed E-state index contributed by atoms with van der Waals surface area (Å²) in [7, 11) is -3.35. The van der Waals surface area contributed by atoms with Crippen molar-refractivity contribution in [1.29, 1.82) is 0 Å². The lowest BCUT2D eigenvalue weighted by atomic mass is 9.98. The van der Waals surface area contributed by atoms with Gasteiger partial charge >= 0.3 is 0 Å². The molecule has 2 aliphatic rings. The van der Waals surface area contributed by atoms with Gasteiger partial charge in [-0.15, -0.1) is 0 Å². The van der Waals surface area contributed by atoms with Crippen LogP contribution in [0.15, 0.2) is 59.5 Å². The van der Waals surface area contributed by atoms with E-state index in [0.717, 1.165) is 66.0 Å². The maximum absolute atomic E-state index is 14.0. The third-order valence-electron chi connectivity index (χ3n) is 7.33. The third kappa shape index (κ3) is 3.89. The predicted octanol–water partition coefficient (Wildman–Crippen LogP) is 4.00. The second-order valence-electron chi connectivity index (χ2n) is 9.69. The number of ketones is 1. The molecule has 0 saturated carbocycles. The van der Waals surface area contributed by atoms with Gasteiger partial charge in [0.25, 0.3) is 0 Å². The molecule has 0 aliphatic carbocycles. The molecule has 0 radical (unpaired) electrons. The molecule has 1 saturated heterocycles. The Morgan fingerprint density at radius 3 is 2.58 bits per heavy atom. The van der Waals surface area contributed by atoms with Gasteiger partial charge in [-0.3, -0.25) is 9.69 Å². The number of benzene rings is 3. The molecule has 1 aromatic heterocycles. The van der Waals surface area contributed by atoms with Crippen molar-refractivity contribution < 1.29 is 22.7 Å². The van der Waals surface area contributed by atoms with Crippen LogP contribution >= 0.6 is 0 Å². The lowest BCUT2D eigenvalue weighted by Crippen LogP contribution is -2.42. The number of para-hydroxylation sites is 1. The summed E-state index contributed by atoms with van der Waals surface area (Å²) in [6.07, 6.45) is 1.19. The van der Waals surface area contributed by atoms with Crippen LogP contribution in [0.2, 0.25) is 0 Å². The van der Waals surface area contributed by atoms with E-state index in [2.05, 4.69) is 9.47 Å². The molecule has 8 heteroatoms. The molecule has 0 amide bonds. The molecule has 1 unspecified atom stereocenters. The lowest BCUT2D eigenvalue weighted by Gasteiger charge is -2.34. The minimum Gasteiger partial charge on any atom is -0.489 e. The van der Waals surface area contributed by atoms with Crippen molar-refractivity contribution in [1.82, 2.24) is 9.47 Å². The summed E-state index contributed by atoms with van der Waals surface area (Å²) in [5.41, 5.74) is 3.09. The van der Waals surface area contributed by atoms with Crippen molar-refractivity contribution in [3.05, 3.63) is 71.4 Å². The number of hydrogen-bond acceptors (Lipinski definition) is 6. The first-order chi connectivity index (χ1) is 17.3. The van der Waals surface area contributed by atoms with Crippen molar-refractivity contribution in [3.8, 4) is 5.75 Å². The number of ether oxygens (including phenoxy) is 2. The quantitative estimate of drug-likeness (QED) is 0.383. The molecule has 4 aromatic rings. The van der Waals surface area contributed by atoms with Crippen LogP contribution in [0.25, 0.3) is 21.7 Å². The van der Waals surface area contributed by atoms with Crippen LogP contribution in [0.5, 0.6) is 5.75 Å². The van der Waals surface area contributed by atoms with Crippen molar-refractivity contribution in [2.45, 2.75) is 17.9 Å². The van der Waals surface area contributed by atoms with Crippen LogP contribution in [-0.2, 0) is 14.6 Å². The fraction of sp³-hybridized carbons (Fsp3) is 0.321. The molecule has 0 bridgehead atoms. The Hall–Kier alpha value is -3.20. The summed E-state index contributed by atoms with van der Waals surface area (Å²) in [6, 6.07) is 16.5. The first-order valence-corrected chi connectivity index (χ1v) is 14.1. The van der Waals surface area contributed by atoms with Gasteiger partial charge in [-0.05, 0) is 42.0 Å². The van der Waals surface area contributed by atoms with Crippen molar-refractivity contribution in [2.75, 3.05) is 45.7 Å². The number of sulfone groups is 1. The fourth-order valence-electron chi connectivity index (χ4n) is 5.53. The van der Waals surface area contributed by atoms with E-state index >= 15 is 0 Å². The minimum absolute atomic E-state index is 0.0768. The predicted molar refractivity (Wildman–Crippen MR) is 139 cm³/mol. The second kappa shape index (κ2) is 8.73. The van der Waals surface area contributed by atoms with Gasteiger partial charge in [-0.2, -0.15) is 0 Å². The van der Waals surface area contributed by atoms with Crippen LogP contribution in [-0.4, -0.2) is 69.4 Å². The zero-order valence-corrected chi connectivity index (χ0v) is 21.2. The second-order valence-corrected chi connectivity index (χ2v) is 11.7. The largest absolute Gasteiger partial charge is 0.489 e. The lowest BCUT2D eigenvalue weighted by molar-refractivity contribution is 0.0272. The Balaban J connectivity index is 1.45. The van der Waals surface area contributed by atoms with Gasteiger partial charge in [-0.25, -0.2) is 8.42 Å². The fourth-order valence-corrected chi connectivity index (χ4v) is 6.19. The van der Waals surface area contributed by atoms with Crippen molar-refractivity contribution >= 4 is 37.3 Å². The maximum atomic E-state index is 14.0. The number of hydrogen-bond donors (Lipinski definition) is 0. The van der Waals surface area contributed by atoms with E-state index in [1.807, 2.05) is 37.3 Å². The highest BCUT2D eigenvalue weighted by molar-refractivity contribution is 7.90. The first kappa shape index (κ1) is 23.2. The molecule has 6 rings (SSSR count). The van der Waals surface area contributed by atoms with E-state index in [0.29, 0.717) is 17.7 Å². The smallest absolute Gasteiger partial charge is 0.195 e. The van der Waals surface area contributed by atoms with E-state index in [9.17, 15) is 13.2 Å². The molecule has 7 nitrogen and oxygen atoms in total. The Morgan fingerprint density at radius 2 is 1.81 bits per heavy atom. The molecule has 1 atom stereocenters. The number of nitrogens with zero attached hydrogens (tertiary/aromatic N) is 2. The van der Waals surface area contributed by atoms with E-state index in [1.165, 1.54) is 6.26 Å². The Kier molecular flexibility index (Phi) is 5.63. The van der Waals surface area contributed by atoms with Gasteiger partial charge in [0.15, 0.2) is 15.6 Å². The van der Waals surface area contributed by atoms with Crippen molar-refractivity contribution in [2.24, 2.45) is 0 Å². The van der Waals surface area contributed by atoms with Crippen LogP contribution in [0.3, 0.4) is 0 Å². The van der Waals surface area contributed by atoms with E-state index in [4.69, 9.17) is 9.47 Å². The monoisotopic (exact) mass is 504 g/mol. The number of fused-ring (bicyclic) bond motifs is 1. The van der Waals surface area contributed by atoms with Gasteiger partial charge in [0.1, 0.15) is 12.4 Å². The molecule has 3 aromatic carbocycles.